The molecule has 0 radical (unpaired) electrons. The predicted octanol–water partition coefficient (Wildman–Crippen LogP) is 2.03. The molecule has 0 unspecified atom stereocenters. The average molecular weight is 313 g/mol. The van der Waals surface area contributed by atoms with Crippen LogP contribution in [0.5, 0.6) is 0 Å². The van der Waals surface area contributed by atoms with E-state index < -0.39 is 0 Å². The fourth-order valence-corrected chi connectivity index (χ4v) is 2.01. The maximum atomic E-state index is 11.5. The molecule has 1 aliphatic heterocycles. The molecule has 1 aromatic carbocycles. The number of carbonyl (C=O) groups excluding carboxylic acids is 2. The first-order valence-corrected chi connectivity index (χ1v) is 5.50. The van der Waals surface area contributed by atoms with Crippen LogP contribution in [0.1, 0.15) is 5.56 Å². The number of amides is 2. The minimum absolute atomic E-state index is 0.275. The van der Waals surface area contributed by atoms with Crippen LogP contribution >= 0.6 is 22.6 Å². The summed E-state index contributed by atoms with van der Waals surface area (Å²) in [6, 6.07) is 5.68. The molecule has 0 aromatic heterocycles. The van der Waals surface area contributed by atoms with Gasteiger partial charge in [0, 0.05) is 15.7 Å². The summed E-state index contributed by atoms with van der Waals surface area (Å²) in [5, 5.41) is 0. The normalized spacial score (nSPS) is 15.2. The molecule has 0 saturated carbocycles. The summed E-state index contributed by atoms with van der Waals surface area (Å²) >= 11 is 2.11. The smallest absolute Gasteiger partial charge is 0.258 e. The van der Waals surface area contributed by atoms with Crippen LogP contribution in [-0.4, -0.2) is 11.8 Å². The topological polar surface area (TPSA) is 37.4 Å². The molecule has 0 N–H and O–H groups in total. The van der Waals surface area contributed by atoms with Gasteiger partial charge in [0.05, 0.1) is 5.69 Å². The Hall–Kier alpha value is -1.17. The standard InChI is InChI=1S/C11H8INO2/c1-7-2-3-8(12)9(6-7)13-10(14)4-5-11(13)15/h2-6H,1H3. The van der Waals surface area contributed by atoms with Crippen molar-refractivity contribution >= 4 is 40.1 Å². The molecule has 1 aliphatic rings. The van der Waals surface area contributed by atoms with Crippen molar-refractivity contribution in [2.75, 3.05) is 4.90 Å². The summed E-state index contributed by atoms with van der Waals surface area (Å²) in [4.78, 5) is 24.1. The number of rotatable bonds is 1. The van der Waals surface area contributed by atoms with Gasteiger partial charge in [0.2, 0.25) is 0 Å². The van der Waals surface area contributed by atoms with Crippen molar-refractivity contribution < 1.29 is 9.59 Å². The van der Waals surface area contributed by atoms with Gasteiger partial charge in [-0.15, -0.1) is 0 Å². The van der Waals surface area contributed by atoms with Gasteiger partial charge in [-0.2, -0.15) is 0 Å². The van der Waals surface area contributed by atoms with E-state index >= 15 is 0 Å². The average Bonchev–Trinajstić information content (AvgIpc) is 2.51. The van der Waals surface area contributed by atoms with Crippen molar-refractivity contribution in [3.63, 3.8) is 0 Å². The van der Waals surface area contributed by atoms with Gasteiger partial charge < -0.3 is 0 Å². The summed E-state index contributed by atoms with van der Waals surface area (Å²) in [5.74, 6) is -0.549. The zero-order valence-corrected chi connectivity index (χ0v) is 10.2. The van der Waals surface area contributed by atoms with Crippen LogP contribution in [0.15, 0.2) is 30.4 Å². The molecule has 15 heavy (non-hydrogen) atoms. The summed E-state index contributed by atoms with van der Waals surface area (Å²) in [7, 11) is 0. The third-order valence-electron chi connectivity index (χ3n) is 2.15. The molecule has 76 valence electrons. The molecule has 2 rings (SSSR count). The highest BCUT2D eigenvalue weighted by Gasteiger charge is 2.26. The van der Waals surface area contributed by atoms with Gasteiger partial charge in [-0.25, -0.2) is 4.90 Å². The minimum atomic E-state index is -0.275. The Labute approximate surface area is 101 Å². The maximum Gasteiger partial charge on any atom is 0.258 e. The Kier molecular flexibility index (Phi) is 2.60. The Morgan fingerprint density at radius 2 is 1.73 bits per heavy atom. The second kappa shape index (κ2) is 3.77. The molecular weight excluding hydrogens is 305 g/mol. The van der Waals surface area contributed by atoms with Gasteiger partial charge in [-0.3, -0.25) is 9.59 Å². The number of hydrogen-bond donors (Lipinski definition) is 0. The number of hydrogen-bond acceptors (Lipinski definition) is 2. The molecule has 4 heteroatoms. The number of halogens is 1. The van der Waals surface area contributed by atoms with Gasteiger partial charge in [0.1, 0.15) is 0 Å². The van der Waals surface area contributed by atoms with Crippen LogP contribution in [0, 0.1) is 10.5 Å². The van der Waals surface area contributed by atoms with E-state index in [1.807, 2.05) is 25.1 Å². The lowest BCUT2D eigenvalue weighted by molar-refractivity contribution is -0.119. The highest BCUT2D eigenvalue weighted by atomic mass is 127. The maximum absolute atomic E-state index is 11.5. The molecule has 0 fully saturated rings. The number of benzene rings is 1. The van der Waals surface area contributed by atoms with E-state index in [0.717, 1.165) is 9.13 Å². The van der Waals surface area contributed by atoms with Crippen molar-refractivity contribution in [2.45, 2.75) is 6.92 Å². The number of carbonyl (C=O) groups is 2. The van der Waals surface area contributed by atoms with Crippen LogP contribution in [0.4, 0.5) is 5.69 Å². The minimum Gasteiger partial charge on any atom is -0.269 e. The number of anilines is 1. The largest absolute Gasteiger partial charge is 0.269 e. The second-order valence-corrected chi connectivity index (χ2v) is 4.46. The van der Waals surface area contributed by atoms with Gasteiger partial charge in [0.15, 0.2) is 0 Å². The predicted molar refractivity (Wildman–Crippen MR) is 65.5 cm³/mol. The Morgan fingerprint density at radius 1 is 1.13 bits per heavy atom. The summed E-state index contributed by atoms with van der Waals surface area (Å²) in [6.07, 6.45) is 2.58. The van der Waals surface area contributed by atoms with Crippen LogP contribution in [0.25, 0.3) is 0 Å². The highest BCUT2D eigenvalue weighted by molar-refractivity contribution is 14.1. The Bertz CT molecular complexity index is 461. The molecule has 0 saturated heterocycles. The van der Waals surface area contributed by atoms with Crippen LogP contribution in [0.2, 0.25) is 0 Å². The van der Waals surface area contributed by atoms with Crippen molar-refractivity contribution in [2.24, 2.45) is 0 Å². The van der Waals surface area contributed by atoms with E-state index in [2.05, 4.69) is 22.6 Å². The molecule has 1 aromatic rings. The third-order valence-corrected chi connectivity index (χ3v) is 3.06. The van der Waals surface area contributed by atoms with Crippen molar-refractivity contribution in [3.05, 3.63) is 39.5 Å². The zero-order chi connectivity index (χ0) is 11.0. The van der Waals surface area contributed by atoms with E-state index in [1.165, 1.54) is 17.1 Å². The van der Waals surface area contributed by atoms with E-state index in [1.54, 1.807) is 0 Å². The van der Waals surface area contributed by atoms with Crippen molar-refractivity contribution in [1.82, 2.24) is 0 Å². The van der Waals surface area contributed by atoms with Crippen molar-refractivity contribution in [3.8, 4) is 0 Å². The lowest BCUT2D eigenvalue weighted by Crippen LogP contribution is -2.30. The van der Waals surface area contributed by atoms with Crippen LogP contribution in [0.3, 0.4) is 0 Å². The first-order valence-electron chi connectivity index (χ1n) is 4.42. The molecule has 1 heterocycles. The highest BCUT2D eigenvalue weighted by Crippen LogP contribution is 2.26. The van der Waals surface area contributed by atoms with Gasteiger partial charge in [-0.1, -0.05) is 6.07 Å². The van der Waals surface area contributed by atoms with Crippen LogP contribution < -0.4 is 4.90 Å². The molecule has 0 spiro atoms. The lowest BCUT2D eigenvalue weighted by atomic mass is 10.2. The third kappa shape index (κ3) is 1.81. The van der Waals surface area contributed by atoms with Gasteiger partial charge in [-0.05, 0) is 47.2 Å². The van der Waals surface area contributed by atoms with E-state index in [0.29, 0.717) is 5.69 Å². The summed E-state index contributed by atoms with van der Waals surface area (Å²) in [5.41, 5.74) is 1.69. The van der Waals surface area contributed by atoms with Crippen molar-refractivity contribution in [1.29, 1.82) is 0 Å². The van der Waals surface area contributed by atoms with Gasteiger partial charge >= 0.3 is 0 Å². The molecule has 0 aliphatic carbocycles. The molecule has 2 amide bonds. The fraction of sp³-hybridized carbons (Fsp3) is 0.0909. The van der Waals surface area contributed by atoms with Gasteiger partial charge in [0.25, 0.3) is 11.8 Å². The van der Waals surface area contributed by atoms with Crippen LogP contribution in [-0.2, 0) is 9.59 Å². The molecule has 0 bridgehead atoms. The Balaban J connectivity index is 2.50. The number of imide groups is 1. The number of aryl methyl sites for hydroxylation is 1. The quantitative estimate of drug-likeness (QED) is 0.588. The number of nitrogens with zero attached hydrogens (tertiary/aromatic N) is 1. The van der Waals surface area contributed by atoms with E-state index in [4.69, 9.17) is 0 Å². The molecule has 0 atom stereocenters. The summed E-state index contributed by atoms with van der Waals surface area (Å²) < 4.78 is 0.892. The summed E-state index contributed by atoms with van der Waals surface area (Å²) in [6.45, 7) is 1.93. The zero-order valence-electron chi connectivity index (χ0n) is 8.03. The molecule has 3 nitrogen and oxygen atoms in total. The fourth-order valence-electron chi connectivity index (χ4n) is 1.43. The monoisotopic (exact) mass is 313 g/mol. The Morgan fingerprint density at radius 3 is 2.33 bits per heavy atom. The first-order chi connectivity index (χ1) is 7.09. The SMILES string of the molecule is Cc1ccc(I)c(N2C(=O)C=CC2=O)c1. The lowest BCUT2D eigenvalue weighted by Gasteiger charge is -2.16. The van der Waals surface area contributed by atoms with E-state index in [9.17, 15) is 9.59 Å². The first kappa shape index (κ1) is 10.4. The second-order valence-electron chi connectivity index (χ2n) is 3.30. The molecular formula is C11H8INO2. The van der Waals surface area contributed by atoms with E-state index in [-0.39, 0.29) is 11.8 Å².